The highest BCUT2D eigenvalue weighted by molar-refractivity contribution is 7.16. The van der Waals surface area contributed by atoms with Crippen LogP contribution in [0, 0.1) is 16.7 Å². The van der Waals surface area contributed by atoms with Gasteiger partial charge in [-0.25, -0.2) is 9.97 Å². The standard InChI is InChI=1S/C19H20ClN5OS/c1-2-4-11(17(26)13-7-8-24-19(20)25-13)16(22)10-5-3-6-14-15(10)12(9-21)18(23)27-14/h7-8,10,22,26H,2-6,23H2,1H3/b17-11-,22-16?/t10-/m0/s1. The third kappa shape index (κ3) is 3.68. The smallest absolute Gasteiger partial charge is 0.222 e. The van der Waals surface area contributed by atoms with Crippen molar-refractivity contribution in [3.8, 4) is 6.07 Å². The molecule has 1 atom stereocenters. The van der Waals surface area contributed by atoms with Crippen LogP contribution < -0.4 is 5.73 Å². The van der Waals surface area contributed by atoms with Crippen molar-refractivity contribution in [1.29, 1.82) is 10.7 Å². The topological polar surface area (TPSA) is 120 Å². The number of rotatable bonds is 5. The number of hydrogen-bond donors (Lipinski definition) is 3. The van der Waals surface area contributed by atoms with Crippen molar-refractivity contribution in [2.75, 3.05) is 5.73 Å². The summed E-state index contributed by atoms with van der Waals surface area (Å²) in [4.78, 5) is 8.98. The number of nitriles is 1. The van der Waals surface area contributed by atoms with Gasteiger partial charge in [0.25, 0.3) is 0 Å². The molecule has 6 nitrogen and oxygen atoms in total. The molecule has 0 bridgehead atoms. The van der Waals surface area contributed by atoms with E-state index in [-0.39, 0.29) is 17.0 Å². The summed E-state index contributed by atoms with van der Waals surface area (Å²) in [5.74, 6) is -0.307. The number of halogens is 1. The lowest BCUT2D eigenvalue weighted by Crippen LogP contribution is -2.20. The molecule has 1 aliphatic carbocycles. The molecule has 0 spiro atoms. The molecule has 8 heteroatoms. The number of aromatic nitrogens is 2. The number of nitrogens with one attached hydrogen (secondary N) is 1. The van der Waals surface area contributed by atoms with Crippen molar-refractivity contribution in [1.82, 2.24) is 9.97 Å². The molecular formula is C19H20ClN5OS. The maximum atomic E-state index is 10.8. The van der Waals surface area contributed by atoms with Gasteiger partial charge in [-0.05, 0) is 48.9 Å². The van der Waals surface area contributed by atoms with Gasteiger partial charge < -0.3 is 16.2 Å². The summed E-state index contributed by atoms with van der Waals surface area (Å²) in [6, 6.07) is 3.77. The Balaban J connectivity index is 2.08. The molecule has 2 aromatic rings. The van der Waals surface area contributed by atoms with Crippen LogP contribution in [-0.4, -0.2) is 20.8 Å². The Labute approximate surface area is 166 Å². The van der Waals surface area contributed by atoms with Crippen molar-refractivity contribution >= 4 is 39.4 Å². The second kappa shape index (κ2) is 8.07. The van der Waals surface area contributed by atoms with E-state index >= 15 is 0 Å². The zero-order valence-corrected chi connectivity index (χ0v) is 16.5. The van der Waals surface area contributed by atoms with Crippen molar-refractivity contribution in [2.45, 2.75) is 44.9 Å². The minimum Gasteiger partial charge on any atom is -0.505 e. The van der Waals surface area contributed by atoms with Gasteiger partial charge in [-0.15, -0.1) is 11.3 Å². The van der Waals surface area contributed by atoms with Crippen molar-refractivity contribution in [3.63, 3.8) is 0 Å². The maximum absolute atomic E-state index is 10.8. The lowest BCUT2D eigenvalue weighted by molar-refractivity contribution is 0.502. The first kappa shape index (κ1) is 19.3. The Morgan fingerprint density at radius 2 is 2.33 bits per heavy atom. The third-order valence-corrected chi connectivity index (χ3v) is 6.01. The van der Waals surface area contributed by atoms with Gasteiger partial charge >= 0.3 is 0 Å². The van der Waals surface area contributed by atoms with E-state index in [1.54, 1.807) is 6.07 Å². The summed E-state index contributed by atoms with van der Waals surface area (Å²) >= 11 is 7.29. The van der Waals surface area contributed by atoms with E-state index in [4.69, 9.17) is 22.7 Å². The molecule has 0 saturated carbocycles. The molecule has 0 saturated heterocycles. The fourth-order valence-corrected chi connectivity index (χ4v) is 4.81. The van der Waals surface area contributed by atoms with Gasteiger partial charge in [0, 0.05) is 28.3 Å². The first-order valence-electron chi connectivity index (χ1n) is 8.78. The van der Waals surface area contributed by atoms with Crippen LogP contribution in [0.25, 0.3) is 5.76 Å². The van der Waals surface area contributed by atoms with Crippen LogP contribution in [0.2, 0.25) is 5.28 Å². The SMILES string of the molecule is CCC/C(C(=N)[C@H]1CCCc2sc(N)c(C#N)c21)=C(/O)c1ccnc(Cl)n1. The summed E-state index contributed by atoms with van der Waals surface area (Å²) in [6.45, 7) is 1.99. The van der Waals surface area contributed by atoms with Gasteiger partial charge in [0.1, 0.15) is 22.5 Å². The van der Waals surface area contributed by atoms with E-state index in [0.29, 0.717) is 34.0 Å². The minimum atomic E-state index is -0.252. The molecule has 3 rings (SSSR count). The Kier molecular flexibility index (Phi) is 5.78. The summed E-state index contributed by atoms with van der Waals surface area (Å²) < 4.78 is 0. The molecule has 4 N–H and O–H groups in total. The minimum absolute atomic E-state index is 0.0405. The first-order valence-corrected chi connectivity index (χ1v) is 9.98. The molecule has 140 valence electrons. The summed E-state index contributed by atoms with van der Waals surface area (Å²) in [5, 5.41) is 29.8. The predicted octanol–water partition coefficient (Wildman–Crippen LogP) is 4.85. The molecular weight excluding hydrogens is 382 g/mol. The molecule has 2 heterocycles. The number of fused-ring (bicyclic) bond motifs is 1. The number of thiophene rings is 1. The van der Waals surface area contributed by atoms with Crippen LogP contribution in [0.4, 0.5) is 5.00 Å². The average molecular weight is 402 g/mol. The number of nitrogens with two attached hydrogens (primary N) is 1. The van der Waals surface area contributed by atoms with Crippen molar-refractivity contribution < 1.29 is 5.11 Å². The Morgan fingerprint density at radius 3 is 3.00 bits per heavy atom. The molecule has 0 aliphatic heterocycles. The van der Waals surface area contributed by atoms with E-state index < -0.39 is 0 Å². The van der Waals surface area contributed by atoms with E-state index in [1.165, 1.54) is 17.5 Å². The summed E-state index contributed by atoms with van der Waals surface area (Å²) in [6.07, 6.45) is 5.30. The molecule has 0 amide bonds. The molecule has 0 unspecified atom stereocenters. The summed E-state index contributed by atoms with van der Waals surface area (Å²) in [5.41, 5.74) is 8.51. The molecule has 27 heavy (non-hydrogen) atoms. The van der Waals surface area contributed by atoms with Crippen LogP contribution in [0.15, 0.2) is 17.8 Å². The molecule has 0 radical (unpaired) electrons. The van der Waals surface area contributed by atoms with Crippen LogP contribution in [0.1, 0.15) is 60.2 Å². The van der Waals surface area contributed by atoms with Crippen LogP contribution >= 0.6 is 22.9 Å². The van der Waals surface area contributed by atoms with Gasteiger partial charge in [-0.1, -0.05) is 13.3 Å². The number of aliphatic hydroxyl groups excluding tert-OH is 1. The number of aryl methyl sites for hydroxylation is 1. The molecule has 0 fully saturated rings. The fraction of sp³-hybridized carbons (Fsp3) is 0.368. The second-order valence-electron chi connectivity index (χ2n) is 6.44. The van der Waals surface area contributed by atoms with E-state index in [0.717, 1.165) is 36.1 Å². The Hall–Kier alpha value is -2.43. The average Bonchev–Trinajstić information content (AvgIpc) is 3.00. The fourth-order valence-electron chi connectivity index (χ4n) is 3.54. The highest BCUT2D eigenvalue weighted by Crippen LogP contribution is 2.44. The predicted molar refractivity (Wildman–Crippen MR) is 108 cm³/mol. The van der Waals surface area contributed by atoms with Gasteiger partial charge in [0.2, 0.25) is 5.28 Å². The van der Waals surface area contributed by atoms with Crippen LogP contribution in [-0.2, 0) is 6.42 Å². The highest BCUT2D eigenvalue weighted by Gasteiger charge is 2.32. The third-order valence-electron chi connectivity index (χ3n) is 4.73. The normalized spacial score (nSPS) is 17.0. The lowest BCUT2D eigenvalue weighted by atomic mass is 9.79. The van der Waals surface area contributed by atoms with Crippen LogP contribution in [0.5, 0.6) is 0 Å². The van der Waals surface area contributed by atoms with Gasteiger partial charge in [-0.2, -0.15) is 5.26 Å². The monoisotopic (exact) mass is 401 g/mol. The quantitative estimate of drug-likeness (QED) is 0.375. The first-order chi connectivity index (χ1) is 13.0. The second-order valence-corrected chi connectivity index (χ2v) is 7.91. The lowest BCUT2D eigenvalue weighted by Gasteiger charge is -2.25. The highest BCUT2D eigenvalue weighted by atomic mass is 35.5. The van der Waals surface area contributed by atoms with Crippen molar-refractivity contribution in [2.24, 2.45) is 0 Å². The summed E-state index contributed by atoms with van der Waals surface area (Å²) in [7, 11) is 0. The van der Waals surface area contributed by atoms with E-state index in [1.807, 2.05) is 6.92 Å². The maximum Gasteiger partial charge on any atom is 0.222 e. The largest absolute Gasteiger partial charge is 0.505 e. The zero-order chi connectivity index (χ0) is 19.6. The van der Waals surface area contributed by atoms with Crippen LogP contribution in [0.3, 0.4) is 0 Å². The molecule has 1 aliphatic rings. The van der Waals surface area contributed by atoms with Gasteiger partial charge in [-0.3, -0.25) is 0 Å². The number of nitrogen functional groups attached to an aromatic ring is 1. The number of aliphatic hydroxyl groups is 1. The van der Waals surface area contributed by atoms with Gasteiger partial charge in [0.15, 0.2) is 0 Å². The molecule has 2 aromatic heterocycles. The van der Waals surface area contributed by atoms with E-state index in [9.17, 15) is 10.4 Å². The molecule has 0 aromatic carbocycles. The Morgan fingerprint density at radius 1 is 1.56 bits per heavy atom. The van der Waals surface area contributed by atoms with Gasteiger partial charge in [0.05, 0.1) is 5.56 Å². The van der Waals surface area contributed by atoms with E-state index in [2.05, 4.69) is 16.0 Å². The zero-order valence-electron chi connectivity index (χ0n) is 14.9. The number of hydrogen-bond acceptors (Lipinski definition) is 7. The number of allylic oxidation sites excluding steroid dienone is 1. The number of nitrogens with zero attached hydrogens (tertiary/aromatic N) is 3. The van der Waals surface area contributed by atoms with Crippen molar-refractivity contribution in [3.05, 3.63) is 44.8 Å². The number of anilines is 1. The Bertz CT molecular complexity index is 959.